The first kappa shape index (κ1) is 15.3. The van der Waals surface area contributed by atoms with Crippen LogP contribution in [0.1, 0.15) is 29.2 Å². The molecule has 1 unspecified atom stereocenters. The number of halogens is 2. The van der Waals surface area contributed by atoms with Crippen LogP contribution in [0, 0.1) is 0 Å². The van der Waals surface area contributed by atoms with Crippen molar-refractivity contribution in [2.24, 2.45) is 0 Å². The molecular formula is C17H16F2N2O2. The second kappa shape index (κ2) is 6.64. The molecule has 2 aromatic carbocycles. The summed E-state index contributed by atoms with van der Waals surface area (Å²) in [5, 5.41) is 5.55. The third kappa shape index (κ3) is 3.59. The van der Waals surface area contributed by atoms with Crippen molar-refractivity contribution >= 4 is 6.03 Å². The van der Waals surface area contributed by atoms with Gasteiger partial charge in [0, 0.05) is 17.7 Å². The van der Waals surface area contributed by atoms with E-state index in [1.807, 2.05) is 24.3 Å². The average Bonchev–Trinajstić information content (AvgIpc) is 2.96. The maximum Gasteiger partial charge on any atom is 0.315 e. The highest BCUT2D eigenvalue weighted by atomic mass is 19.3. The average molecular weight is 318 g/mol. The van der Waals surface area contributed by atoms with Gasteiger partial charge in [-0.25, -0.2) is 13.6 Å². The van der Waals surface area contributed by atoms with Crippen molar-refractivity contribution in [1.82, 2.24) is 10.6 Å². The lowest BCUT2D eigenvalue weighted by Gasteiger charge is -2.13. The van der Waals surface area contributed by atoms with E-state index in [1.165, 1.54) is 12.1 Å². The van der Waals surface area contributed by atoms with Crippen LogP contribution in [-0.4, -0.2) is 12.6 Å². The minimum Gasteiger partial charge on any atom is -0.491 e. The van der Waals surface area contributed by atoms with Gasteiger partial charge in [0.15, 0.2) is 0 Å². The molecule has 23 heavy (non-hydrogen) atoms. The maximum absolute atomic E-state index is 12.5. The summed E-state index contributed by atoms with van der Waals surface area (Å²) >= 11 is 0. The Morgan fingerprint density at radius 1 is 1.17 bits per heavy atom. The Kier molecular flexibility index (Phi) is 4.41. The van der Waals surface area contributed by atoms with Crippen LogP contribution >= 0.6 is 0 Å². The van der Waals surface area contributed by atoms with Crippen molar-refractivity contribution in [1.29, 1.82) is 0 Å². The number of ether oxygens (including phenoxy) is 1. The SMILES string of the molecule is O=C(NCc1ccc(C(F)F)cc1)NC1COc2ccccc21. The van der Waals surface area contributed by atoms with Gasteiger partial charge in [-0.2, -0.15) is 0 Å². The van der Waals surface area contributed by atoms with E-state index < -0.39 is 6.43 Å². The lowest BCUT2D eigenvalue weighted by Crippen LogP contribution is -2.38. The van der Waals surface area contributed by atoms with E-state index in [-0.39, 0.29) is 24.2 Å². The molecule has 0 saturated heterocycles. The minimum atomic E-state index is -2.48. The third-order valence-electron chi connectivity index (χ3n) is 3.69. The molecule has 0 radical (unpaired) electrons. The standard InChI is InChI=1S/C17H16F2N2O2/c18-16(19)12-7-5-11(6-8-12)9-20-17(22)21-14-10-23-15-4-2-1-3-13(14)15/h1-8,14,16H,9-10H2,(H2,20,21,22). The molecule has 2 amide bonds. The minimum absolute atomic E-state index is 0.0297. The van der Waals surface area contributed by atoms with E-state index in [9.17, 15) is 13.6 Å². The number of hydrogen-bond acceptors (Lipinski definition) is 2. The van der Waals surface area contributed by atoms with Crippen LogP contribution < -0.4 is 15.4 Å². The number of nitrogens with one attached hydrogen (secondary N) is 2. The number of para-hydroxylation sites is 1. The predicted molar refractivity (Wildman–Crippen MR) is 81.4 cm³/mol. The first-order valence-electron chi connectivity index (χ1n) is 7.26. The number of carbonyl (C=O) groups excluding carboxylic acids is 1. The largest absolute Gasteiger partial charge is 0.491 e. The number of benzene rings is 2. The van der Waals surface area contributed by atoms with Gasteiger partial charge in [0.2, 0.25) is 0 Å². The normalized spacial score (nSPS) is 15.9. The Labute approximate surface area is 132 Å². The van der Waals surface area contributed by atoms with Gasteiger partial charge in [-0.15, -0.1) is 0 Å². The molecule has 1 atom stereocenters. The highest BCUT2D eigenvalue weighted by molar-refractivity contribution is 5.74. The number of alkyl halides is 2. The van der Waals surface area contributed by atoms with Crippen molar-refractivity contribution in [3.05, 3.63) is 65.2 Å². The van der Waals surface area contributed by atoms with Crippen LogP contribution in [-0.2, 0) is 6.54 Å². The van der Waals surface area contributed by atoms with Crippen molar-refractivity contribution in [3.63, 3.8) is 0 Å². The highest BCUT2D eigenvalue weighted by Crippen LogP contribution is 2.31. The topological polar surface area (TPSA) is 50.4 Å². The predicted octanol–water partition coefficient (Wildman–Crippen LogP) is 3.56. The van der Waals surface area contributed by atoms with E-state index in [0.717, 1.165) is 16.9 Å². The second-order valence-corrected chi connectivity index (χ2v) is 5.27. The van der Waals surface area contributed by atoms with Gasteiger partial charge in [-0.05, 0) is 11.6 Å². The van der Waals surface area contributed by atoms with Gasteiger partial charge in [0.25, 0.3) is 6.43 Å². The molecular weight excluding hydrogens is 302 g/mol. The van der Waals surface area contributed by atoms with E-state index >= 15 is 0 Å². The fourth-order valence-corrected chi connectivity index (χ4v) is 2.45. The molecule has 120 valence electrons. The van der Waals surface area contributed by atoms with Gasteiger partial charge in [-0.1, -0.05) is 42.5 Å². The Balaban J connectivity index is 1.52. The van der Waals surface area contributed by atoms with Gasteiger partial charge in [0.05, 0.1) is 6.04 Å². The van der Waals surface area contributed by atoms with Gasteiger partial charge in [-0.3, -0.25) is 0 Å². The summed E-state index contributed by atoms with van der Waals surface area (Å²) in [4.78, 5) is 12.0. The number of carbonyl (C=O) groups is 1. The quantitative estimate of drug-likeness (QED) is 0.905. The molecule has 0 aromatic heterocycles. The number of fused-ring (bicyclic) bond motifs is 1. The van der Waals surface area contributed by atoms with Crippen LogP contribution in [0.3, 0.4) is 0 Å². The molecule has 0 bridgehead atoms. The Hall–Kier alpha value is -2.63. The smallest absolute Gasteiger partial charge is 0.315 e. The Morgan fingerprint density at radius 3 is 2.65 bits per heavy atom. The Morgan fingerprint density at radius 2 is 1.91 bits per heavy atom. The summed E-state index contributed by atoms with van der Waals surface area (Å²) in [5.41, 5.74) is 1.68. The molecule has 2 aromatic rings. The number of rotatable bonds is 4. The number of amides is 2. The molecule has 0 saturated carbocycles. The second-order valence-electron chi connectivity index (χ2n) is 5.27. The van der Waals surface area contributed by atoms with E-state index in [1.54, 1.807) is 12.1 Å². The molecule has 0 fully saturated rings. The Bertz CT molecular complexity index is 689. The van der Waals surface area contributed by atoms with Crippen molar-refractivity contribution in [2.75, 3.05) is 6.61 Å². The summed E-state index contributed by atoms with van der Waals surface area (Å²) in [6, 6.07) is 12.9. The first-order chi connectivity index (χ1) is 11.1. The molecule has 1 heterocycles. The highest BCUT2D eigenvalue weighted by Gasteiger charge is 2.24. The van der Waals surface area contributed by atoms with Crippen LogP contribution in [0.2, 0.25) is 0 Å². The summed E-state index contributed by atoms with van der Waals surface area (Å²) in [6.45, 7) is 0.667. The summed E-state index contributed by atoms with van der Waals surface area (Å²) < 4.78 is 30.4. The van der Waals surface area contributed by atoms with Gasteiger partial charge >= 0.3 is 6.03 Å². The van der Waals surface area contributed by atoms with E-state index in [4.69, 9.17) is 4.74 Å². The summed E-state index contributed by atoms with van der Waals surface area (Å²) in [7, 11) is 0. The molecule has 1 aliphatic heterocycles. The number of hydrogen-bond donors (Lipinski definition) is 2. The zero-order valence-electron chi connectivity index (χ0n) is 12.3. The van der Waals surface area contributed by atoms with E-state index in [2.05, 4.69) is 10.6 Å². The van der Waals surface area contributed by atoms with E-state index in [0.29, 0.717) is 6.61 Å². The zero-order valence-corrected chi connectivity index (χ0v) is 12.3. The van der Waals surface area contributed by atoms with Crippen LogP contribution in [0.15, 0.2) is 48.5 Å². The van der Waals surface area contributed by atoms with Crippen LogP contribution in [0.25, 0.3) is 0 Å². The molecule has 0 spiro atoms. The van der Waals surface area contributed by atoms with Crippen LogP contribution in [0.5, 0.6) is 5.75 Å². The lowest BCUT2D eigenvalue weighted by atomic mass is 10.1. The van der Waals surface area contributed by atoms with Crippen molar-refractivity contribution in [3.8, 4) is 5.75 Å². The lowest BCUT2D eigenvalue weighted by molar-refractivity contribution is 0.151. The molecule has 1 aliphatic rings. The summed E-state index contributed by atoms with van der Waals surface area (Å²) in [5.74, 6) is 0.778. The molecule has 2 N–H and O–H groups in total. The fourth-order valence-electron chi connectivity index (χ4n) is 2.45. The van der Waals surface area contributed by atoms with Crippen molar-refractivity contribution < 1.29 is 18.3 Å². The van der Waals surface area contributed by atoms with Crippen molar-refractivity contribution in [2.45, 2.75) is 19.0 Å². The zero-order chi connectivity index (χ0) is 16.2. The molecule has 4 nitrogen and oxygen atoms in total. The monoisotopic (exact) mass is 318 g/mol. The third-order valence-corrected chi connectivity index (χ3v) is 3.69. The molecule has 3 rings (SSSR count). The maximum atomic E-state index is 12.5. The van der Waals surface area contributed by atoms with Crippen LogP contribution in [0.4, 0.5) is 13.6 Å². The fraction of sp³-hybridized carbons (Fsp3) is 0.235. The molecule has 6 heteroatoms. The van der Waals surface area contributed by atoms with Gasteiger partial charge < -0.3 is 15.4 Å². The summed E-state index contributed by atoms with van der Waals surface area (Å²) in [6.07, 6.45) is -2.48. The van der Waals surface area contributed by atoms with Gasteiger partial charge in [0.1, 0.15) is 12.4 Å². The first-order valence-corrected chi connectivity index (χ1v) is 7.26. The molecule has 0 aliphatic carbocycles. The number of urea groups is 1.